The van der Waals surface area contributed by atoms with Crippen molar-refractivity contribution in [3.63, 3.8) is 0 Å². The van der Waals surface area contributed by atoms with Crippen molar-refractivity contribution in [3.05, 3.63) is 36.2 Å². The number of amides is 1. The summed E-state index contributed by atoms with van der Waals surface area (Å²) < 4.78 is 7.30. The molecule has 0 aliphatic carbocycles. The van der Waals surface area contributed by atoms with Crippen molar-refractivity contribution in [2.24, 2.45) is 0 Å². The van der Waals surface area contributed by atoms with Gasteiger partial charge in [0.2, 0.25) is 0 Å². The first-order valence-corrected chi connectivity index (χ1v) is 8.25. The van der Waals surface area contributed by atoms with Gasteiger partial charge in [-0.2, -0.15) is 5.10 Å². The van der Waals surface area contributed by atoms with E-state index in [1.54, 1.807) is 17.1 Å². The molecule has 0 saturated heterocycles. The van der Waals surface area contributed by atoms with Crippen molar-refractivity contribution in [2.45, 2.75) is 58.4 Å². The highest BCUT2D eigenvalue weighted by molar-refractivity contribution is 5.68. The van der Waals surface area contributed by atoms with Crippen LogP contribution in [0.5, 0.6) is 0 Å². The molecule has 0 radical (unpaired) electrons. The zero-order valence-corrected chi connectivity index (χ0v) is 14.8. The van der Waals surface area contributed by atoms with Crippen LogP contribution < -0.4 is 0 Å². The summed E-state index contributed by atoms with van der Waals surface area (Å²) in [6.45, 7) is 14.5. The average molecular weight is 333 g/mol. The van der Waals surface area contributed by atoms with Crippen molar-refractivity contribution in [1.82, 2.24) is 14.7 Å². The van der Waals surface area contributed by atoms with E-state index in [9.17, 15) is 9.90 Å². The zero-order valence-electron chi connectivity index (χ0n) is 14.8. The van der Waals surface area contributed by atoms with Crippen LogP contribution in [0, 0.1) is 0 Å². The molecule has 1 amide bonds. The summed E-state index contributed by atoms with van der Waals surface area (Å²) in [4.78, 5) is 14.0. The van der Waals surface area contributed by atoms with E-state index >= 15 is 0 Å². The number of aliphatic hydroxyl groups is 1. The number of carbonyl (C=O) groups excluding carboxylic acids is 1. The number of ether oxygens (including phenoxy) is 1. The minimum atomic E-state index is -0.654. The highest BCUT2D eigenvalue weighted by atomic mass is 16.6. The van der Waals surface area contributed by atoms with E-state index < -0.39 is 11.7 Å². The summed E-state index contributed by atoms with van der Waals surface area (Å²) in [5.41, 5.74) is 1.74. The molecule has 1 aliphatic rings. The lowest BCUT2D eigenvalue weighted by Crippen LogP contribution is -2.41. The second-order valence-corrected chi connectivity index (χ2v) is 6.96. The number of fused-ring (bicyclic) bond motifs is 1. The van der Waals surface area contributed by atoms with E-state index in [2.05, 4.69) is 18.3 Å². The van der Waals surface area contributed by atoms with E-state index in [1.165, 1.54) is 0 Å². The zero-order chi connectivity index (χ0) is 17.9. The lowest BCUT2D eigenvalue weighted by molar-refractivity contribution is 0.0191. The van der Waals surface area contributed by atoms with Crippen LogP contribution in [0.3, 0.4) is 0 Å². The Morgan fingerprint density at radius 3 is 2.71 bits per heavy atom. The predicted molar refractivity (Wildman–Crippen MR) is 93.4 cm³/mol. The molecular weight excluding hydrogens is 306 g/mol. The second kappa shape index (κ2) is 7.21. The standard InChI is InChI=1S/C18H27N3O3/c1-6-8-9-15(22)16-13(7-2)19-21-11-10-20(12-14(16)21)17(23)24-18(3,4)5/h6-7,15,22H,1-2,8-12H2,3-5H3. The highest BCUT2D eigenvalue weighted by Gasteiger charge is 2.30. The largest absolute Gasteiger partial charge is 0.444 e. The first-order valence-electron chi connectivity index (χ1n) is 8.25. The summed E-state index contributed by atoms with van der Waals surface area (Å²) in [6.07, 6.45) is 3.70. The van der Waals surface area contributed by atoms with Gasteiger partial charge in [-0.3, -0.25) is 4.68 Å². The summed E-state index contributed by atoms with van der Waals surface area (Å²) in [5.74, 6) is 0. The van der Waals surface area contributed by atoms with Gasteiger partial charge in [-0.15, -0.1) is 6.58 Å². The smallest absolute Gasteiger partial charge is 0.410 e. The molecule has 1 N–H and O–H groups in total. The van der Waals surface area contributed by atoms with Gasteiger partial charge in [0.15, 0.2) is 0 Å². The number of hydrogen-bond acceptors (Lipinski definition) is 4. The number of aliphatic hydroxyl groups excluding tert-OH is 1. The van der Waals surface area contributed by atoms with Crippen molar-refractivity contribution in [2.75, 3.05) is 6.54 Å². The van der Waals surface area contributed by atoms with Gasteiger partial charge >= 0.3 is 6.09 Å². The van der Waals surface area contributed by atoms with Gasteiger partial charge < -0.3 is 14.7 Å². The topological polar surface area (TPSA) is 67.6 Å². The molecule has 132 valence electrons. The van der Waals surface area contributed by atoms with Gasteiger partial charge in [-0.25, -0.2) is 4.79 Å². The fourth-order valence-electron chi connectivity index (χ4n) is 2.77. The van der Waals surface area contributed by atoms with Gasteiger partial charge in [0.05, 0.1) is 30.6 Å². The van der Waals surface area contributed by atoms with Crippen LogP contribution in [0.4, 0.5) is 4.79 Å². The van der Waals surface area contributed by atoms with Crippen LogP contribution in [0.15, 0.2) is 19.2 Å². The fraction of sp³-hybridized carbons (Fsp3) is 0.556. The molecule has 0 saturated carbocycles. The molecule has 6 nitrogen and oxygen atoms in total. The predicted octanol–water partition coefficient (Wildman–Crippen LogP) is 3.28. The molecule has 2 rings (SSSR count). The van der Waals surface area contributed by atoms with E-state index in [1.807, 2.05) is 25.5 Å². The molecule has 1 aromatic rings. The van der Waals surface area contributed by atoms with E-state index in [0.29, 0.717) is 38.2 Å². The number of nitrogens with zero attached hydrogens (tertiary/aromatic N) is 3. The Bertz CT molecular complexity index is 628. The molecule has 1 atom stereocenters. The molecule has 0 bridgehead atoms. The summed E-state index contributed by atoms with van der Waals surface area (Å²) in [6, 6.07) is 0. The molecule has 2 heterocycles. The third kappa shape index (κ3) is 4.06. The van der Waals surface area contributed by atoms with Gasteiger partial charge in [0, 0.05) is 12.1 Å². The Kier molecular flexibility index (Phi) is 5.49. The Morgan fingerprint density at radius 1 is 1.42 bits per heavy atom. The van der Waals surface area contributed by atoms with Crippen LogP contribution in [-0.2, 0) is 17.8 Å². The highest BCUT2D eigenvalue weighted by Crippen LogP contribution is 2.30. The third-order valence-electron chi connectivity index (χ3n) is 3.87. The summed E-state index contributed by atoms with van der Waals surface area (Å²) >= 11 is 0. The van der Waals surface area contributed by atoms with E-state index in [0.717, 1.165) is 11.3 Å². The molecule has 1 unspecified atom stereocenters. The molecule has 24 heavy (non-hydrogen) atoms. The Balaban J connectivity index is 2.25. The number of allylic oxidation sites excluding steroid dienone is 1. The number of carbonyl (C=O) groups is 1. The van der Waals surface area contributed by atoms with Crippen molar-refractivity contribution >= 4 is 12.2 Å². The molecule has 1 aromatic heterocycles. The second-order valence-electron chi connectivity index (χ2n) is 6.96. The van der Waals surface area contributed by atoms with Gasteiger partial charge in [-0.1, -0.05) is 12.7 Å². The Morgan fingerprint density at radius 2 is 2.12 bits per heavy atom. The molecule has 6 heteroatoms. The quantitative estimate of drug-likeness (QED) is 0.840. The summed E-state index contributed by atoms with van der Waals surface area (Å²) in [7, 11) is 0. The SMILES string of the molecule is C=CCCC(O)c1c(C=C)nn2c1CN(C(=O)OC(C)(C)C)CC2. The molecule has 0 fully saturated rings. The van der Waals surface area contributed by atoms with Crippen LogP contribution in [0.1, 0.15) is 56.7 Å². The average Bonchev–Trinajstić information content (AvgIpc) is 2.88. The van der Waals surface area contributed by atoms with E-state index in [4.69, 9.17) is 4.74 Å². The minimum absolute atomic E-state index is 0.346. The first kappa shape index (κ1) is 18.3. The Labute approximate surface area is 143 Å². The molecular formula is C18H27N3O3. The maximum absolute atomic E-state index is 12.3. The van der Waals surface area contributed by atoms with Crippen LogP contribution >= 0.6 is 0 Å². The van der Waals surface area contributed by atoms with Gasteiger partial charge in [0.25, 0.3) is 0 Å². The first-order chi connectivity index (χ1) is 11.3. The lowest BCUT2D eigenvalue weighted by atomic mass is 10.0. The van der Waals surface area contributed by atoms with Crippen molar-refractivity contribution in [1.29, 1.82) is 0 Å². The molecule has 0 spiro atoms. The van der Waals surface area contributed by atoms with E-state index in [-0.39, 0.29) is 6.09 Å². The summed E-state index contributed by atoms with van der Waals surface area (Å²) in [5, 5.41) is 15.0. The lowest BCUT2D eigenvalue weighted by Gasteiger charge is -2.31. The number of hydrogen-bond donors (Lipinski definition) is 1. The number of rotatable bonds is 5. The van der Waals surface area contributed by atoms with Crippen molar-refractivity contribution < 1.29 is 14.6 Å². The van der Waals surface area contributed by atoms with Gasteiger partial charge in [0.1, 0.15) is 5.60 Å². The molecule has 0 aromatic carbocycles. The van der Waals surface area contributed by atoms with Crippen LogP contribution in [0.25, 0.3) is 6.08 Å². The Hall–Kier alpha value is -2.08. The molecule has 1 aliphatic heterocycles. The maximum Gasteiger partial charge on any atom is 0.410 e. The number of aromatic nitrogens is 2. The van der Waals surface area contributed by atoms with Crippen LogP contribution in [-0.4, -0.2) is 38.0 Å². The third-order valence-corrected chi connectivity index (χ3v) is 3.87. The van der Waals surface area contributed by atoms with Crippen molar-refractivity contribution in [3.8, 4) is 0 Å². The van der Waals surface area contributed by atoms with Crippen LogP contribution in [0.2, 0.25) is 0 Å². The normalized spacial score (nSPS) is 15.6. The van der Waals surface area contributed by atoms with Gasteiger partial charge in [-0.05, 0) is 39.7 Å². The maximum atomic E-state index is 12.3. The monoisotopic (exact) mass is 333 g/mol. The fourth-order valence-corrected chi connectivity index (χ4v) is 2.77. The minimum Gasteiger partial charge on any atom is -0.444 e.